The molecule has 1 atom stereocenters. The molecule has 1 aliphatic rings. The summed E-state index contributed by atoms with van der Waals surface area (Å²) in [5.74, 6) is -1.81. The minimum atomic E-state index is -1.25. The molecule has 0 spiro atoms. The van der Waals surface area contributed by atoms with Crippen molar-refractivity contribution in [3.8, 4) is 11.1 Å². The smallest absolute Gasteiger partial charge is 0.407 e. The second-order valence-corrected chi connectivity index (χ2v) is 8.87. The Hall–Kier alpha value is -3.78. The van der Waals surface area contributed by atoms with Gasteiger partial charge in [-0.15, -0.1) is 11.3 Å². The van der Waals surface area contributed by atoms with Gasteiger partial charge in [-0.05, 0) is 34.4 Å². The Balaban J connectivity index is 1.27. The van der Waals surface area contributed by atoms with Crippen molar-refractivity contribution in [1.29, 1.82) is 0 Å². The molecule has 5 rings (SSSR count). The van der Waals surface area contributed by atoms with E-state index in [1.807, 2.05) is 48.5 Å². The molecular weight excluding hydrogens is 443 g/mol. The number of carbonyl (C=O) groups excluding carboxylic acids is 1. The van der Waals surface area contributed by atoms with Gasteiger partial charge in [-0.2, -0.15) is 0 Å². The van der Waals surface area contributed by atoms with Crippen LogP contribution in [0.3, 0.4) is 0 Å². The van der Waals surface area contributed by atoms with Gasteiger partial charge in [0.15, 0.2) is 0 Å². The SMILES string of the molecule is O=C(N[C@@H](Cc1nc2c(F)cccc2s1)C(=O)O)OCC1c2ccccc2-c2ccccc21. The Bertz CT molecular complexity index is 1320. The molecule has 166 valence electrons. The van der Waals surface area contributed by atoms with Gasteiger partial charge in [0.25, 0.3) is 0 Å². The summed E-state index contributed by atoms with van der Waals surface area (Å²) in [7, 11) is 0. The normalized spacial score (nSPS) is 13.4. The number of carbonyl (C=O) groups is 2. The minimum absolute atomic E-state index is 0.0711. The minimum Gasteiger partial charge on any atom is -0.480 e. The first kappa shape index (κ1) is 21.1. The molecule has 0 radical (unpaired) electrons. The second kappa shape index (κ2) is 8.63. The highest BCUT2D eigenvalue weighted by atomic mass is 32.1. The molecule has 6 nitrogen and oxygen atoms in total. The summed E-state index contributed by atoms with van der Waals surface area (Å²) in [6, 6.07) is 19.3. The van der Waals surface area contributed by atoms with Crippen LogP contribution >= 0.6 is 11.3 Å². The Morgan fingerprint density at radius 2 is 1.70 bits per heavy atom. The zero-order valence-electron chi connectivity index (χ0n) is 17.3. The maximum absolute atomic E-state index is 13.9. The molecule has 0 aliphatic heterocycles. The lowest BCUT2D eigenvalue weighted by molar-refractivity contribution is -0.139. The van der Waals surface area contributed by atoms with E-state index in [1.165, 1.54) is 17.4 Å². The number of thiazole rings is 1. The number of amides is 1. The number of fused-ring (bicyclic) bond motifs is 4. The summed E-state index contributed by atoms with van der Waals surface area (Å²) in [6.45, 7) is 0.0819. The maximum Gasteiger partial charge on any atom is 0.407 e. The Morgan fingerprint density at radius 3 is 2.33 bits per heavy atom. The quantitative estimate of drug-likeness (QED) is 0.422. The predicted molar refractivity (Wildman–Crippen MR) is 123 cm³/mol. The van der Waals surface area contributed by atoms with Crippen LogP contribution in [0.2, 0.25) is 0 Å². The fourth-order valence-corrected chi connectivity index (χ4v) is 5.23. The van der Waals surface area contributed by atoms with E-state index < -0.39 is 23.9 Å². The summed E-state index contributed by atoms with van der Waals surface area (Å²) in [6.07, 6.45) is -0.894. The lowest BCUT2D eigenvalue weighted by Gasteiger charge is -2.17. The monoisotopic (exact) mass is 462 g/mol. The highest BCUT2D eigenvalue weighted by Gasteiger charge is 2.30. The average molecular weight is 463 g/mol. The average Bonchev–Trinajstić information content (AvgIpc) is 3.37. The van der Waals surface area contributed by atoms with E-state index in [0.29, 0.717) is 9.71 Å². The molecule has 1 aromatic heterocycles. The molecule has 0 unspecified atom stereocenters. The number of carboxylic acids is 1. The number of nitrogens with one attached hydrogen (secondary N) is 1. The summed E-state index contributed by atoms with van der Waals surface area (Å²) in [5, 5.41) is 12.4. The van der Waals surface area contributed by atoms with Gasteiger partial charge in [-0.3, -0.25) is 0 Å². The summed E-state index contributed by atoms with van der Waals surface area (Å²) >= 11 is 1.20. The van der Waals surface area contributed by atoms with Crippen LogP contribution in [0.4, 0.5) is 9.18 Å². The topological polar surface area (TPSA) is 88.5 Å². The molecule has 1 heterocycles. The summed E-state index contributed by atoms with van der Waals surface area (Å²) in [5.41, 5.74) is 4.54. The van der Waals surface area contributed by atoms with Crippen molar-refractivity contribution >= 4 is 33.6 Å². The number of hydrogen-bond acceptors (Lipinski definition) is 5. The molecule has 2 N–H and O–H groups in total. The molecule has 3 aromatic carbocycles. The number of hydrogen-bond donors (Lipinski definition) is 2. The number of benzene rings is 3. The summed E-state index contributed by atoms with van der Waals surface area (Å²) < 4.78 is 20.0. The van der Waals surface area contributed by atoms with E-state index >= 15 is 0 Å². The maximum atomic E-state index is 13.9. The number of halogens is 1. The van der Waals surface area contributed by atoms with Crippen LogP contribution in [0.1, 0.15) is 22.1 Å². The van der Waals surface area contributed by atoms with Gasteiger partial charge in [-0.1, -0.05) is 54.6 Å². The molecule has 8 heteroatoms. The fraction of sp³-hybridized carbons (Fsp3) is 0.160. The van der Waals surface area contributed by atoms with Gasteiger partial charge in [0.05, 0.1) is 9.71 Å². The molecular formula is C25H19FN2O4S. The van der Waals surface area contributed by atoms with E-state index in [0.717, 1.165) is 22.3 Å². The van der Waals surface area contributed by atoms with E-state index in [4.69, 9.17) is 4.74 Å². The van der Waals surface area contributed by atoms with E-state index in [9.17, 15) is 19.1 Å². The van der Waals surface area contributed by atoms with Gasteiger partial charge >= 0.3 is 12.1 Å². The Morgan fingerprint density at radius 1 is 1.03 bits per heavy atom. The number of aromatic nitrogens is 1. The third kappa shape index (κ3) is 4.05. The second-order valence-electron chi connectivity index (χ2n) is 7.76. The van der Waals surface area contributed by atoms with Gasteiger partial charge in [-0.25, -0.2) is 19.0 Å². The molecule has 4 aromatic rings. The van der Waals surface area contributed by atoms with Crippen molar-refractivity contribution in [2.75, 3.05) is 6.61 Å². The van der Waals surface area contributed by atoms with Crippen molar-refractivity contribution in [3.63, 3.8) is 0 Å². The Kier molecular flexibility index (Phi) is 5.51. The molecule has 0 saturated carbocycles. The van der Waals surface area contributed by atoms with Crippen molar-refractivity contribution in [2.45, 2.75) is 18.4 Å². The van der Waals surface area contributed by atoms with Crippen molar-refractivity contribution < 1.29 is 23.8 Å². The molecule has 1 aliphatic carbocycles. The van der Waals surface area contributed by atoms with E-state index in [-0.39, 0.29) is 24.5 Å². The molecule has 0 bridgehead atoms. The number of nitrogens with zero attached hydrogens (tertiary/aromatic N) is 1. The largest absolute Gasteiger partial charge is 0.480 e. The van der Waals surface area contributed by atoms with Crippen LogP contribution in [0.15, 0.2) is 66.7 Å². The van der Waals surface area contributed by atoms with Crippen LogP contribution in [-0.2, 0) is 16.0 Å². The van der Waals surface area contributed by atoms with Crippen molar-refractivity contribution in [1.82, 2.24) is 10.3 Å². The van der Waals surface area contributed by atoms with Gasteiger partial charge in [0.2, 0.25) is 0 Å². The number of alkyl carbamates (subject to hydrolysis) is 1. The van der Waals surface area contributed by atoms with Crippen LogP contribution in [0, 0.1) is 5.82 Å². The van der Waals surface area contributed by atoms with Crippen LogP contribution < -0.4 is 5.32 Å². The first-order valence-electron chi connectivity index (χ1n) is 10.4. The number of ether oxygens (including phenoxy) is 1. The summed E-state index contributed by atoms with van der Waals surface area (Å²) in [4.78, 5) is 28.4. The third-order valence-corrected chi connectivity index (χ3v) is 6.77. The van der Waals surface area contributed by atoms with E-state index in [2.05, 4.69) is 10.3 Å². The van der Waals surface area contributed by atoms with Crippen molar-refractivity contribution in [3.05, 3.63) is 88.7 Å². The van der Waals surface area contributed by atoms with Crippen molar-refractivity contribution in [2.24, 2.45) is 0 Å². The zero-order valence-corrected chi connectivity index (χ0v) is 18.1. The molecule has 0 saturated heterocycles. The van der Waals surface area contributed by atoms with Gasteiger partial charge < -0.3 is 15.2 Å². The highest BCUT2D eigenvalue weighted by Crippen LogP contribution is 2.44. The predicted octanol–water partition coefficient (Wildman–Crippen LogP) is 4.97. The first-order chi connectivity index (χ1) is 16.0. The van der Waals surface area contributed by atoms with E-state index in [1.54, 1.807) is 12.1 Å². The zero-order chi connectivity index (χ0) is 22.9. The van der Waals surface area contributed by atoms with Crippen LogP contribution in [0.25, 0.3) is 21.3 Å². The fourth-order valence-electron chi connectivity index (χ4n) is 4.21. The number of rotatable bonds is 6. The third-order valence-electron chi connectivity index (χ3n) is 5.73. The first-order valence-corrected chi connectivity index (χ1v) is 11.2. The highest BCUT2D eigenvalue weighted by molar-refractivity contribution is 7.18. The van der Waals surface area contributed by atoms with Gasteiger partial charge in [0.1, 0.15) is 24.0 Å². The molecule has 33 heavy (non-hydrogen) atoms. The lowest BCUT2D eigenvalue weighted by Crippen LogP contribution is -2.42. The van der Waals surface area contributed by atoms with Gasteiger partial charge in [0, 0.05) is 12.3 Å². The molecule has 1 amide bonds. The lowest BCUT2D eigenvalue weighted by atomic mass is 9.98. The standard InChI is InChI=1S/C25H19FN2O4S/c26-19-10-5-11-21-23(19)28-22(33-21)12-20(24(29)30)27-25(31)32-13-18-16-8-3-1-6-14(16)15-7-2-4-9-17(15)18/h1-11,18,20H,12-13H2,(H,27,31)(H,29,30)/t20-/m0/s1. The number of para-hydroxylation sites is 1. The number of carboxylic acid groups (broad SMARTS) is 1. The van der Waals surface area contributed by atoms with Crippen LogP contribution in [0.5, 0.6) is 0 Å². The number of aliphatic carboxylic acids is 1. The van der Waals surface area contributed by atoms with Crippen LogP contribution in [-0.4, -0.2) is 34.8 Å². The Labute approximate surface area is 192 Å². The molecule has 0 fully saturated rings.